The van der Waals surface area contributed by atoms with Gasteiger partial charge in [0.25, 0.3) is 0 Å². The molecule has 1 fully saturated rings. The average Bonchev–Trinajstić information content (AvgIpc) is 2.95. The predicted molar refractivity (Wildman–Crippen MR) is 63.3 cm³/mol. The van der Waals surface area contributed by atoms with Crippen molar-refractivity contribution in [1.29, 1.82) is 0 Å². The Balaban J connectivity index is 1.69. The van der Waals surface area contributed by atoms with Crippen molar-refractivity contribution in [3.05, 3.63) is 17.7 Å². The van der Waals surface area contributed by atoms with Gasteiger partial charge in [-0.25, -0.2) is 0 Å². The maximum atomic E-state index is 9.87. The summed E-state index contributed by atoms with van der Waals surface area (Å²) in [5.74, 6) is 1.64. The van der Waals surface area contributed by atoms with E-state index in [1.54, 1.807) is 6.07 Å². The molecule has 4 heteroatoms. The molecular formula is C13H17NO3. The topological polar surface area (TPSA) is 50.7 Å². The molecule has 4 nitrogen and oxygen atoms in total. The van der Waals surface area contributed by atoms with Crippen LogP contribution in [0.15, 0.2) is 12.1 Å². The lowest BCUT2D eigenvalue weighted by Crippen LogP contribution is -2.25. The number of hydrogen-bond acceptors (Lipinski definition) is 4. The summed E-state index contributed by atoms with van der Waals surface area (Å²) < 4.78 is 10.5. The Hall–Kier alpha value is -1.42. The number of phenolic OH excluding ortho intramolecular Hbond substituents is 1. The Morgan fingerprint density at radius 3 is 2.65 bits per heavy atom. The van der Waals surface area contributed by atoms with E-state index in [9.17, 15) is 5.11 Å². The van der Waals surface area contributed by atoms with Crippen LogP contribution in [0.25, 0.3) is 0 Å². The summed E-state index contributed by atoms with van der Waals surface area (Å²) in [6, 6.07) is 4.09. The molecule has 1 aromatic rings. The first kappa shape index (κ1) is 10.7. The fourth-order valence-electron chi connectivity index (χ4n) is 2.50. The zero-order valence-electron chi connectivity index (χ0n) is 9.74. The van der Waals surface area contributed by atoms with Crippen molar-refractivity contribution in [2.45, 2.75) is 38.3 Å². The van der Waals surface area contributed by atoms with Crippen molar-refractivity contribution in [1.82, 2.24) is 5.32 Å². The van der Waals surface area contributed by atoms with Gasteiger partial charge >= 0.3 is 0 Å². The van der Waals surface area contributed by atoms with E-state index in [-0.39, 0.29) is 12.5 Å². The van der Waals surface area contributed by atoms with Gasteiger partial charge in [-0.1, -0.05) is 12.8 Å². The van der Waals surface area contributed by atoms with Gasteiger partial charge in [0.2, 0.25) is 6.79 Å². The van der Waals surface area contributed by atoms with Gasteiger partial charge < -0.3 is 19.9 Å². The Labute approximate surface area is 101 Å². The van der Waals surface area contributed by atoms with Gasteiger partial charge in [-0.05, 0) is 18.9 Å². The van der Waals surface area contributed by atoms with Gasteiger partial charge in [0.1, 0.15) is 5.75 Å². The molecule has 1 heterocycles. The molecule has 3 rings (SSSR count). The lowest BCUT2D eigenvalue weighted by molar-refractivity contribution is 0.174. The Kier molecular flexibility index (Phi) is 2.81. The SMILES string of the molecule is Oc1cc2c(cc1CNC1CCCC1)OCO2. The molecule has 0 radical (unpaired) electrons. The second kappa shape index (κ2) is 4.45. The van der Waals surface area contributed by atoms with E-state index in [4.69, 9.17) is 9.47 Å². The molecule has 2 N–H and O–H groups in total. The number of benzene rings is 1. The molecule has 2 aliphatic rings. The molecular weight excluding hydrogens is 218 g/mol. The third-order valence-electron chi connectivity index (χ3n) is 3.51. The molecule has 0 bridgehead atoms. The van der Waals surface area contributed by atoms with Crippen LogP contribution in [0.4, 0.5) is 0 Å². The Morgan fingerprint density at radius 2 is 1.88 bits per heavy atom. The lowest BCUT2D eigenvalue weighted by Gasteiger charge is -2.13. The summed E-state index contributed by atoms with van der Waals surface area (Å²) in [6.07, 6.45) is 5.10. The highest BCUT2D eigenvalue weighted by molar-refractivity contribution is 5.51. The molecule has 1 saturated carbocycles. The highest BCUT2D eigenvalue weighted by Crippen LogP contribution is 2.37. The van der Waals surface area contributed by atoms with Gasteiger partial charge in [-0.2, -0.15) is 0 Å². The zero-order chi connectivity index (χ0) is 11.7. The minimum atomic E-state index is 0.244. The van der Waals surface area contributed by atoms with E-state index in [0.717, 1.165) is 11.3 Å². The van der Waals surface area contributed by atoms with Crippen molar-refractivity contribution < 1.29 is 14.6 Å². The molecule has 0 atom stereocenters. The largest absolute Gasteiger partial charge is 0.507 e. The van der Waals surface area contributed by atoms with Crippen LogP contribution in [0.2, 0.25) is 0 Å². The van der Waals surface area contributed by atoms with Crippen molar-refractivity contribution in [3.8, 4) is 17.2 Å². The molecule has 92 valence electrons. The summed E-state index contributed by atoms with van der Waals surface area (Å²) in [5.41, 5.74) is 0.876. The van der Waals surface area contributed by atoms with Gasteiger partial charge in [0.15, 0.2) is 11.5 Å². The van der Waals surface area contributed by atoms with Crippen molar-refractivity contribution in [2.24, 2.45) is 0 Å². The summed E-state index contributed by atoms with van der Waals surface area (Å²) in [4.78, 5) is 0. The van der Waals surface area contributed by atoms with Crippen LogP contribution in [0.3, 0.4) is 0 Å². The van der Waals surface area contributed by atoms with Crippen LogP contribution in [0.1, 0.15) is 31.2 Å². The summed E-state index contributed by atoms with van der Waals surface area (Å²) in [6.45, 7) is 0.932. The van der Waals surface area contributed by atoms with Gasteiger partial charge in [-0.15, -0.1) is 0 Å². The molecule has 17 heavy (non-hydrogen) atoms. The number of phenols is 1. The fourth-order valence-corrected chi connectivity index (χ4v) is 2.50. The normalized spacial score (nSPS) is 18.8. The number of nitrogens with one attached hydrogen (secondary N) is 1. The zero-order valence-corrected chi connectivity index (χ0v) is 9.74. The first-order valence-corrected chi connectivity index (χ1v) is 6.18. The third kappa shape index (κ3) is 2.17. The van der Waals surface area contributed by atoms with Crippen molar-refractivity contribution >= 4 is 0 Å². The predicted octanol–water partition coefficient (Wildman–Crippen LogP) is 2.15. The second-order valence-electron chi connectivity index (χ2n) is 4.70. The summed E-state index contributed by atoms with van der Waals surface area (Å²) >= 11 is 0. The van der Waals surface area contributed by atoms with E-state index in [1.807, 2.05) is 6.07 Å². The van der Waals surface area contributed by atoms with E-state index in [0.29, 0.717) is 18.3 Å². The minimum absolute atomic E-state index is 0.244. The molecule has 0 amide bonds. The van der Waals surface area contributed by atoms with E-state index < -0.39 is 0 Å². The van der Waals surface area contributed by atoms with Crippen molar-refractivity contribution in [2.75, 3.05) is 6.79 Å². The van der Waals surface area contributed by atoms with E-state index in [2.05, 4.69) is 5.32 Å². The Bertz CT molecular complexity index is 413. The fraction of sp³-hybridized carbons (Fsp3) is 0.538. The van der Waals surface area contributed by atoms with E-state index in [1.165, 1.54) is 25.7 Å². The molecule has 1 aliphatic carbocycles. The van der Waals surface area contributed by atoms with Crippen LogP contribution in [0.5, 0.6) is 17.2 Å². The first-order valence-electron chi connectivity index (χ1n) is 6.18. The van der Waals surface area contributed by atoms with Crippen LogP contribution < -0.4 is 14.8 Å². The Morgan fingerprint density at radius 1 is 1.18 bits per heavy atom. The highest BCUT2D eigenvalue weighted by atomic mass is 16.7. The van der Waals surface area contributed by atoms with Crippen LogP contribution in [-0.2, 0) is 6.54 Å². The average molecular weight is 235 g/mol. The quantitative estimate of drug-likeness (QED) is 0.843. The molecule has 0 saturated heterocycles. The minimum Gasteiger partial charge on any atom is -0.507 e. The summed E-state index contributed by atoms with van der Waals surface area (Å²) in [5, 5.41) is 13.3. The number of rotatable bonds is 3. The van der Waals surface area contributed by atoms with Crippen LogP contribution in [-0.4, -0.2) is 17.9 Å². The standard InChI is InChI=1S/C13H17NO3/c15-11-6-13-12(16-8-17-13)5-9(11)7-14-10-3-1-2-4-10/h5-6,10,14-15H,1-4,7-8H2. The van der Waals surface area contributed by atoms with Gasteiger partial charge in [0.05, 0.1) is 0 Å². The molecule has 1 aromatic carbocycles. The van der Waals surface area contributed by atoms with Gasteiger partial charge in [-0.3, -0.25) is 0 Å². The number of fused-ring (bicyclic) bond motifs is 1. The smallest absolute Gasteiger partial charge is 0.231 e. The van der Waals surface area contributed by atoms with E-state index >= 15 is 0 Å². The lowest BCUT2D eigenvalue weighted by atomic mass is 10.1. The highest BCUT2D eigenvalue weighted by Gasteiger charge is 2.18. The maximum absolute atomic E-state index is 9.87. The summed E-state index contributed by atoms with van der Waals surface area (Å²) in [7, 11) is 0. The number of ether oxygens (including phenoxy) is 2. The van der Waals surface area contributed by atoms with Crippen LogP contribution in [0, 0.1) is 0 Å². The molecule has 0 unspecified atom stereocenters. The monoisotopic (exact) mass is 235 g/mol. The first-order chi connectivity index (χ1) is 8.33. The molecule has 0 spiro atoms. The number of hydrogen-bond donors (Lipinski definition) is 2. The maximum Gasteiger partial charge on any atom is 0.231 e. The van der Waals surface area contributed by atoms with Gasteiger partial charge in [0, 0.05) is 24.2 Å². The van der Waals surface area contributed by atoms with Crippen molar-refractivity contribution in [3.63, 3.8) is 0 Å². The molecule has 0 aromatic heterocycles. The van der Waals surface area contributed by atoms with Crippen LogP contribution >= 0.6 is 0 Å². The third-order valence-corrected chi connectivity index (χ3v) is 3.51. The number of aromatic hydroxyl groups is 1. The molecule has 1 aliphatic heterocycles. The second-order valence-corrected chi connectivity index (χ2v) is 4.70.